The van der Waals surface area contributed by atoms with Gasteiger partial charge in [0.25, 0.3) is 0 Å². The van der Waals surface area contributed by atoms with E-state index >= 15 is 0 Å². The van der Waals surface area contributed by atoms with Crippen LogP contribution in [0, 0.1) is 0 Å². The van der Waals surface area contributed by atoms with Gasteiger partial charge in [0.05, 0.1) is 4.88 Å². The molecule has 4 nitrogen and oxygen atoms in total. The van der Waals surface area contributed by atoms with Crippen molar-refractivity contribution < 1.29 is 9.59 Å². The third-order valence-electron chi connectivity index (χ3n) is 3.62. The summed E-state index contributed by atoms with van der Waals surface area (Å²) in [5, 5.41) is 5.13. The number of ketones is 1. The van der Waals surface area contributed by atoms with Crippen LogP contribution in [0.25, 0.3) is 0 Å². The molecule has 1 N–H and O–H groups in total. The van der Waals surface area contributed by atoms with Gasteiger partial charge in [0.2, 0.25) is 5.91 Å². The minimum Gasteiger partial charge on any atom is -0.343 e. The minimum atomic E-state index is 0. The molecule has 0 spiro atoms. The van der Waals surface area contributed by atoms with E-state index in [1.165, 1.54) is 11.3 Å². The Kier molecular flexibility index (Phi) is 7.19. The second kappa shape index (κ2) is 8.39. The van der Waals surface area contributed by atoms with E-state index in [0.29, 0.717) is 18.9 Å². The van der Waals surface area contributed by atoms with Gasteiger partial charge < -0.3 is 10.2 Å². The van der Waals surface area contributed by atoms with Crippen molar-refractivity contribution in [2.75, 3.05) is 20.1 Å². The van der Waals surface area contributed by atoms with E-state index in [0.717, 1.165) is 30.8 Å². The number of halogens is 1. The molecule has 1 aromatic rings. The summed E-state index contributed by atoms with van der Waals surface area (Å²) in [4.78, 5) is 26.5. The van der Waals surface area contributed by atoms with E-state index in [4.69, 9.17) is 0 Å². The Hall–Kier alpha value is -0.910. The van der Waals surface area contributed by atoms with Gasteiger partial charge in [-0.2, -0.15) is 0 Å². The van der Waals surface area contributed by atoms with Crippen LogP contribution in [0.2, 0.25) is 0 Å². The molecule has 0 aromatic carbocycles. The van der Waals surface area contributed by atoms with Crippen molar-refractivity contribution in [2.45, 2.75) is 31.7 Å². The highest BCUT2D eigenvalue weighted by molar-refractivity contribution is 7.12. The molecular formula is C14H21ClN2O2S. The summed E-state index contributed by atoms with van der Waals surface area (Å²) in [6.45, 7) is 1.61. The quantitative estimate of drug-likeness (QED) is 0.848. The van der Waals surface area contributed by atoms with Crippen LogP contribution in [0.4, 0.5) is 0 Å². The maximum Gasteiger partial charge on any atom is 0.223 e. The summed E-state index contributed by atoms with van der Waals surface area (Å²) in [6, 6.07) is 4.20. The predicted octanol–water partition coefficient (Wildman–Crippen LogP) is 2.34. The highest BCUT2D eigenvalue weighted by Crippen LogP contribution is 2.15. The lowest BCUT2D eigenvalue weighted by Crippen LogP contribution is -2.44. The molecule has 0 aliphatic carbocycles. The normalized spacial score (nSPS) is 15.8. The van der Waals surface area contributed by atoms with Crippen molar-refractivity contribution in [3.05, 3.63) is 22.4 Å². The van der Waals surface area contributed by atoms with Gasteiger partial charge in [-0.25, -0.2) is 0 Å². The predicted molar refractivity (Wildman–Crippen MR) is 83.8 cm³/mol. The molecule has 1 aromatic heterocycles. The molecule has 1 aliphatic heterocycles. The number of hydrogen-bond donors (Lipinski definition) is 1. The van der Waals surface area contributed by atoms with Crippen molar-refractivity contribution in [1.82, 2.24) is 10.2 Å². The third-order valence-corrected chi connectivity index (χ3v) is 4.53. The lowest BCUT2D eigenvalue weighted by molar-refractivity contribution is -0.132. The fraction of sp³-hybridized carbons (Fsp3) is 0.571. The van der Waals surface area contributed by atoms with E-state index < -0.39 is 0 Å². The molecule has 1 fully saturated rings. The zero-order valence-electron chi connectivity index (χ0n) is 11.6. The number of likely N-dealkylation sites (tertiary alicyclic amines) is 1. The monoisotopic (exact) mass is 316 g/mol. The number of carbonyl (C=O) groups excluding carboxylic acids is 2. The first-order valence-electron chi connectivity index (χ1n) is 6.72. The topological polar surface area (TPSA) is 49.4 Å². The summed E-state index contributed by atoms with van der Waals surface area (Å²) in [7, 11) is 1.96. The smallest absolute Gasteiger partial charge is 0.223 e. The number of thiophene rings is 1. The first-order chi connectivity index (χ1) is 9.20. The van der Waals surface area contributed by atoms with Crippen LogP contribution in [-0.2, 0) is 4.79 Å². The zero-order valence-corrected chi connectivity index (χ0v) is 13.3. The number of hydrogen-bond acceptors (Lipinski definition) is 4. The molecule has 1 amide bonds. The Labute approximate surface area is 130 Å². The fourth-order valence-electron chi connectivity index (χ4n) is 2.36. The molecule has 0 bridgehead atoms. The van der Waals surface area contributed by atoms with E-state index in [9.17, 15) is 9.59 Å². The molecule has 0 radical (unpaired) electrons. The van der Waals surface area contributed by atoms with Gasteiger partial charge in [0.15, 0.2) is 5.78 Å². The lowest BCUT2D eigenvalue weighted by atomic mass is 10.0. The molecule has 2 heterocycles. The summed E-state index contributed by atoms with van der Waals surface area (Å²) in [6.07, 6.45) is 2.66. The molecule has 0 saturated carbocycles. The van der Waals surface area contributed by atoms with Crippen LogP contribution >= 0.6 is 23.7 Å². The average molecular weight is 317 g/mol. The van der Waals surface area contributed by atoms with Crippen LogP contribution < -0.4 is 5.32 Å². The molecular weight excluding hydrogens is 296 g/mol. The van der Waals surface area contributed by atoms with E-state index in [-0.39, 0.29) is 24.1 Å². The van der Waals surface area contributed by atoms with Gasteiger partial charge in [0.1, 0.15) is 0 Å². The number of nitrogens with one attached hydrogen (secondary N) is 1. The summed E-state index contributed by atoms with van der Waals surface area (Å²) >= 11 is 1.44. The molecule has 6 heteroatoms. The van der Waals surface area contributed by atoms with Gasteiger partial charge in [-0.3, -0.25) is 9.59 Å². The van der Waals surface area contributed by atoms with E-state index in [1.807, 2.05) is 29.5 Å². The first-order valence-corrected chi connectivity index (χ1v) is 7.60. The largest absolute Gasteiger partial charge is 0.343 e. The maximum atomic E-state index is 12.0. The molecule has 20 heavy (non-hydrogen) atoms. The summed E-state index contributed by atoms with van der Waals surface area (Å²) in [5.74, 6) is 0.188. The average Bonchev–Trinajstić information content (AvgIpc) is 2.98. The zero-order chi connectivity index (χ0) is 13.7. The number of Topliss-reactive ketones (excluding diaryl/α,β-unsaturated/α-hetero) is 1. The number of carbonyl (C=O) groups is 2. The van der Waals surface area contributed by atoms with Crippen molar-refractivity contribution >= 4 is 35.4 Å². The van der Waals surface area contributed by atoms with Crippen molar-refractivity contribution in [2.24, 2.45) is 0 Å². The molecule has 1 saturated heterocycles. The summed E-state index contributed by atoms with van der Waals surface area (Å²) < 4.78 is 0. The SMILES string of the molecule is CNC1CCN(C(=O)CCC(=O)c2cccs2)CC1.Cl. The van der Waals surface area contributed by atoms with Crippen molar-refractivity contribution in [3.63, 3.8) is 0 Å². The lowest BCUT2D eigenvalue weighted by Gasteiger charge is -2.31. The maximum absolute atomic E-state index is 12.0. The van der Waals surface area contributed by atoms with Crippen LogP contribution in [0.5, 0.6) is 0 Å². The van der Waals surface area contributed by atoms with Crippen LogP contribution in [0.15, 0.2) is 17.5 Å². The van der Waals surface area contributed by atoms with Crippen LogP contribution in [0.1, 0.15) is 35.4 Å². The van der Waals surface area contributed by atoms with Gasteiger partial charge in [0, 0.05) is 32.0 Å². The van der Waals surface area contributed by atoms with Gasteiger partial charge >= 0.3 is 0 Å². The Bertz CT molecular complexity index is 428. The Morgan fingerprint density at radius 2 is 2.05 bits per heavy atom. The second-order valence-electron chi connectivity index (χ2n) is 4.84. The van der Waals surface area contributed by atoms with Crippen LogP contribution in [-0.4, -0.2) is 42.8 Å². The van der Waals surface area contributed by atoms with Gasteiger partial charge in [-0.05, 0) is 31.3 Å². The minimum absolute atomic E-state index is 0. The number of rotatable bonds is 5. The molecule has 0 atom stereocenters. The number of piperidine rings is 1. The number of amides is 1. The Morgan fingerprint density at radius 1 is 1.35 bits per heavy atom. The van der Waals surface area contributed by atoms with Crippen molar-refractivity contribution in [3.8, 4) is 0 Å². The van der Waals surface area contributed by atoms with Gasteiger partial charge in [-0.15, -0.1) is 23.7 Å². The standard InChI is InChI=1S/C14H20N2O2S.ClH/c1-15-11-6-8-16(9-7-11)14(18)5-4-12(17)13-3-2-10-19-13;/h2-3,10-11,15H,4-9H2,1H3;1H. The van der Waals surface area contributed by atoms with Crippen LogP contribution in [0.3, 0.4) is 0 Å². The first kappa shape index (κ1) is 17.1. The summed E-state index contributed by atoms with van der Waals surface area (Å²) in [5.41, 5.74) is 0. The Morgan fingerprint density at radius 3 is 2.60 bits per heavy atom. The molecule has 112 valence electrons. The van der Waals surface area contributed by atoms with Gasteiger partial charge in [-0.1, -0.05) is 6.07 Å². The van der Waals surface area contributed by atoms with Crippen molar-refractivity contribution in [1.29, 1.82) is 0 Å². The highest BCUT2D eigenvalue weighted by Gasteiger charge is 2.22. The van der Waals surface area contributed by atoms with E-state index in [1.54, 1.807) is 0 Å². The van der Waals surface area contributed by atoms with E-state index in [2.05, 4.69) is 5.32 Å². The second-order valence-corrected chi connectivity index (χ2v) is 5.79. The molecule has 2 rings (SSSR count). The third kappa shape index (κ3) is 4.58. The number of nitrogens with zero attached hydrogens (tertiary/aromatic N) is 1. The molecule has 0 unspecified atom stereocenters. The Balaban J connectivity index is 0.00000200. The fourth-order valence-corrected chi connectivity index (χ4v) is 3.05. The molecule has 1 aliphatic rings. The highest BCUT2D eigenvalue weighted by atomic mass is 35.5.